The third kappa shape index (κ3) is 7.80. The lowest BCUT2D eigenvalue weighted by Gasteiger charge is -2.23. The van der Waals surface area contributed by atoms with Crippen LogP contribution in [0.5, 0.6) is 0 Å². The normalized spacial score (nSPS) is 12.3. The standard InChI is InChI=1S/C22H29N4O5PS/c1-14-7-6-8-15(2)20(14)22(28)33-19(9-10-31-32(5,29)30)16(3)26(13-27)12-18-11-24-17(4)25-21(18)23/h6-8,11,13,29-30H,5,9-10,12H2,1-4H3,(H2,23,24,25)/b19-16-. The largest absolute Gasteiger partial charge is 0.383 e. The van der Waals surface area contributed by atoms with Crippen LogP contribution in [0.15, 0.2) is 35.0 Å². The molecule has 1 amide bonds. The molecule has 1 aromatic carbocycles. The van der Waals surface area contributed by atoms with Crippen molar-refractivity contribution in [1.29, 1.82) is 0 Å². The van der Waals surface area contributed by atoms with Gasteiger partial charge in [0.15, 0.2) is 0 Å². The van der Waals surface area contributed by atoms with E-state index in [0.717, 1.165) is 22.9 Å². The number of nitrogens with two attached hydrogens (primary N) is 1. The number of amides is 1. The molecule has 0 bridgehead atoms. The van der Waals surface area contributed by atoms with Gasteiger partial charge < -0.3 is 24.9 Å². The van der Waals surface area contributed by atoms with Crippen molar-refractivity contribution in [3.8, 4) is 0 Å². The molecule has 1 heterocycles. The fraction of sp³-hybridized carbons (Fsp3) is 0.318. The van der Waals surface area contributed by atoms with Crippen LogP contribution in [0.1, 0.15) is 46.2 Å². The molecule has 0 spiro atoms. The van der Waals surface area contributed by atoms with E-state index in [1.54, 1.807) is 20.0 Å². The highest BCUT2D eigenvalue weighted by molar-refractivity contribution is 8.17. The first kappa shape index (κ1) is 26.8. The lowest BCUT2D eigenvalue weighted by Crippen LogP contribution is -2.22. The average Bonchev–Trinajstić information content (AvgIpc) is 2.71. The summed E-state index contributed by atoms with van der Waals surface area (Å²) in [6.45, 7) is 7.14. The second-order valence-corrected chi connectivity index (χ2v) is 10.1. The van der Waals surface area contributed by atoms with Crippen LogP contribution in [0.3, 0.4) is 0 Å². The molecule has 0 fully saturated rings. The molecule has 0 aliphatic carbocycles. The van der Waals surface area contributed by atoms with E-state index in [1.165, 1.54) is 4.90 Å². The monoisotopic (exact) mass is 492 g/mol. The van der Waals surface area contributed by atoms with Crippen LogP contribution in [-0.4, -0.2) is 49.1 Å². The second-order valence-electron chi connectivity index (χ2n) is 7.47. The van der Waals surface area contributed by atoms with Gasteiger partial charge in [0, 0.05) is 34.3 Å². The van der Waals surface area contributed by atoms with Crippen LogP contribution in [0, 0.1) is 20.8 Å². The molecule has 0 atom stereocenters. The summed E-state index contributed by atoms with van der Waals surface area (Å²) in [6.07, 6.45) is 5.54. The molecule has 0 aliphatic rings. The number of allylic oxidation sites excluding steroid dienone is 1. The van der Waals surface area contributed by atoms with Gasteiger partial charge in [0.2, 0.25) is 19.1 Å². The fourth-order valence-electron chi connectivity index (χ4n) is 3.10. The number of nitrogens with zero attached hydrogens (tertiary/aromatic N) is 3. The van der Waals surface area contributed by atoms with Crippen molar-refractivity contribution < 1.29 is 23.9 Å². The van der Waals surface area contributed by atoms with Gasteiger partial charge in [0.05, 0.1) is 13.2 Å². The molecule has 1 aromatic heterocycles. The van der Waals surface area contributed by atoms with Gasteiger partial charge in [-0.25, -0.2) is 9.97 Å². The Morgan fingerprint density at radius 2 is 1.94 bits per heavy atom. The predicted octanol–water partition coefficient (Wildman–Crippen LogP) is 3.33. The van der Waals surface area contributed by atoms with Crippen molar-refractivity contribution in [3.63, 3.8) is 0 Å². The molecular formula is C22H29N4O5PS. The first-order chi connectivity index (χ1) is 15.4. The van der Waals surface area contributed by atoms with Crippen LogP contribution in [-0.2, 0) is 15.9 Å². The van der Waals surface area contributed by atoms with Crippen molar-refractivity contribution in [3.05, 3.63) is 63.1 Å². The van der Waals surface area contributed by atoms with Gasteiger partial charge in [-0.3, -0.25) is 9.59 Å². The molecule has 0 saturated heterocycles. The Labute approximate surface area is 197 Å². The summed E-state index contributed by atoms with van der Waals surface area (Å²) in [5.41, 5.74) is 9.30. The van der Waals surface area contributed by atoms with Crippen LogP contribution in [0.4, 0.5) is 5.82 Å². The minimum absolute atomic E-state index is 0.0908. The minimum Gasteiger partial charge on any atom is -0.383 e. The van der Waals surface area contributed by atoms with Gasteiger partial charge in [-0.15, -0.1) is 0 Å². The summed E-state index contributed by atoms with van der Waals surface area (Å²) in [4.78, 5) is 54.2. The maximum absolute atomic E-state index is 13.2. The van der Waals surface area contributed by atoms with Crippen molar-refractivity contribution in [2.24, 2.45) is 0 Å². The Balaban J connectivity index is 2.38. The van der Waals surface area contributed by atoms with Gasteiger partial charge >= 0.3 is 0 Å². The molecule has 11 heteroatoms. The molecule has 2 rings (SSSR count). The van der Waals surface area contributed by atoms with Crippen LogP contribution in [0.2, 0.25) is 0 Å². The number of hydrogen-bond donors (Lipinski definition) is 3. The number of anilines is 1. The lowest BCUT2D eigenvalue weighted by atomic mass is 10.0. The van der Waals surface area contributed by atoms with Crippen LogP contribution < -0.4 is 5.73 Å². The van der Waals surface area contributed by atoms with E-state index in [-0.39, 0.29) is 30.5 Å². The number of aryl methyl sites for hydroxylation is 3. The first-order valence-electron chi connectivity index (χ1n) is 10.0. The molecule has 9 nitrogen and oxygen atoms in total. The number of benzene rings is 1. The van der Waals surface area contributed by atoms with Crippen molar-refractivity contribution in [1.82, 2.24) is 14.9 Å². The van der Waals surface area contributed by atoms with Crippen molar-refractivity contribution in [2.45, 2.75) is 40.7 Å². The van der Waals surface area contributed by atoms with Gasteiger partial charge in [-0.2, -0.15) is 0 Å². The fourth-order valence-corrected chi connectivity index (χ4v) is 4.58. The zero-order valence-electron chi connectivity index (χ0n) is 19.1. The Morgan fingerprint density at radius 1 is 1.30 bits per heavy atom. The Morgan fingerprint density at radius 3 is 2.48 bits per heavy atom. The van der Waals surface area contributed by atoms with E-state index in [1.807, 2.05) is 32.0 Å². The number of hydrogen-bond acceptors (Lipinski definition) is 9. The van der Waals surface area contributed by atoms with Gasteiger partial charge in [0.25, 0.3) is 0 Å². The van der Waals surface area contributed by atoms with Gasteiger partial charge in [0.1, 0.15) is 11.6 Å². The summed E-state index contributed by atoms with van der Waals surface area (Å²) < 4.78 is 5.01. The second kappa shape index (κ2) is 11.6. The van der Waals surface area contributed by atoms with Crippen molar-refractivity contribution >= 4 is 43.0 Å². The summed E-state index contributed by atoms with van der Waals surface area (Å²) in [6, 6.07) is 5.60. The molecule has 0 saturated carbocycles. The maximum Gasteiger partial charge on any atom is 0.245 e. The molecule has 0 unspecified atom stereocenters. The lowest BCUT2D eigenvalue weighted by molar-refractivity contribution is -0.116. The zero-order valence-corrected chi connectivity index (χ0v) is 20.8. The highest BCUT2D eigenvalue weighted by Crippen LogP contribution is 2.37. The molecule has 2 aromatic rings. The minimum atomic E-state index is -3.69. The highest BCUT2D eigenvalue weighted by Gasteiger charge is 2.20. The summed E-state index contributed by atoms with van der Waals surface area (Å²) in [5.74, 6) is 0.778. The third-order valence-corrected chi connectivity index (χ3v) is 6.58. The van der Waals surface area contributed by atoms with Gasteiger partial charge in [-0.1, -0.05) is 18.2 Å². The van der Waals surface area contributed by atoms with Crippen molar-refractivity contribution in [2.75, 3.05) is 12.3 Å². The molecule has 0 radical (unpaired) electrons. The SMILES string of the molecule is C=P(O)(O)OCC/C(SC(=O)c1c(C)cccc1C)=C(\C)N(C=O)Cc1cnc(C)nc1N. The zero-order chi connectivity index (χ0) is 24.8. The average molecular weight is 493 g/mol. The number of nitrogen functional groups attached to an aromatic ring is 1. The number of carbonyl (C=O) groups excluding carboxylic acids is 2. The van der Waals surface area contributed by atoms with Crippen LogP contribution >= 0.6 is 19.3 Å². The first-order valence-corrected chi connectivity index (χ1v) is 12.7. The molecule has 33 heavy (non-hydrogen) atoms. The smallest absolute Gasteiger partial charge is 0.245 e. The molecule has 0 aliphatic heterocycles. The Hall–Kier alpha value is -2.49. The molecule has 4 N–H and O–H groups in total. The predicted molar refractivity (Wildman–Crippen MR) is 132 cm³/mol. The van der Waals surface area contributed by atoms with E-state index in [9.17, 15) is 19.4 Å². The summed E-state index contributed by atoms with van der Waals surface area (Å²) in [7, 11) is -3.69. The Bertz CT molecular complexity index is 1100. The van der Waals surface area contributed by atoms with Gasteiger partial charge in [-0.05, 0) is 56.9 Å². The number of aromatic nitrogens is 2. The van der Waals surface area contributed by atoms with E-state index in [4.69, 9.17) is 10.3 Å². The topological polar surface area (TPSA) is 139 Å². The highest BCUT2D eigenvalue weighted by atomic mass is 32.2. The van der Waals surface area contributed by atoms with E-state index in [0.29, 0.717) is 34.0 Å². The Kier molecular flexibility index (Phi) is 9.39. The maximum atomic E-state index is 13.2. The number of rotatable bonds is 10. The summed E-state index contributed by atoms with van der Waals surface area (Å²) >= 11 is 0.972. The summed E-state index contributed by atoms with van der Waals surface area (Å²) in [5, 5.41) is -0.187. The number of carbonyl (C=O) groups is 2. The van der Waals surface area contributed by atoms with Crippen LogP contribution in [0.25, 0.3) is 0 Å². The van der Waals surface area contributed by atoms with E-state index < -0.39 is 7.57 Å². The quantitative estimate of drug-likeness (QED) is 0.337. The number of thioether (sulfide) groups is 1. The van der Waals surface area contributed by atoms with E-state index >= 15 is 0 Å². The molecular weight excluding hydrogens is 463 g/mol. The van der Waals surface area contributed by atoms with E-state index in [2.05, 4.69) is 16.3 Å². The third-order valence-electron chi connectivity index (χ3n) is 4.85. The molecule has 178 valence electrons.